The number of amides is 1. The zero-order valence-corrected chi connectivity index (χ0v) is 14.1. The molecule has 1 aliphatic rings. The lowest BCUT2D eigenvalue weighted by Crippen LogP contribution is -2.55. The van der Waals surface area contributed by atoms with Gasteiger partial charge in [-0.05, 0) is 24.6 Å². The Hall–Kier alpha value is -2.13. The van der Waals surface area contributed by atoms with Crippen molar-refractivity contribution in [3.63, 3.8) is 0 Å². The number of carboxylic acid groups (broad SMARTS) is 1. The fourth-order valence-electron chi connectivity index (χ4n) is 2.40. The third-order valence-electron chi connectivity index (χ3n) is 3.65. The average molecular weight is 356 g/mol. The summed E-state index contributed by atoms with van der Waals surface area (Å²) in [4.78, 5) is 23.8. The number of rotatable bonds is 7. The van der Waals surface area contributed by atoms with Crippen molar-refractivity contribution in [2.45, 2.75) is 25.3 Å². The molecule has 0 aromatic heterocycles. The van der Waals surface area contributed by atoms with Gasteiger partial charge in [-0.25, -0.2) is 13.2 Å². The molecule has 1 amide bonds. The summed E-state index contributed by atoms with van der Waals surface area (Å²) in [7, 11) is -3.47. The van der Waals surface area contributed by atoms with E-state index in [1.165, 1.54) is 24.3 Å². The molecular formula is C15H20N2O6S. The Morgan fingerprint density at radius 3 is 2.71 bits per heavy atom. The molecule has 0 aliphatic carbocycles. The molecule has 0 spiro atoms. The maximum atomic E-state index is 12.3. The summed E-state index contributed by atoms with van der Waals surface area (Å²) in [5, 5.41) is 11.8. The van der Waals surface area contributed by atoms with Crippen molar-refractivity contribution < 1.29 is 27.9 Å². The van der Waals surface area contributed by atoms with Crippen LogP contribution in [-0.4, -0.2) is 49.9 Å². The van der Waals surface area contributed by atoms with Crippen LogP contribution in [0.3, 0.4) is 0 Å². The van der Waals surface area contributed by atoms with Crippen LogP contribution in [0.25, 0.3) is 0 Å². The quantitative estimate of drug-likeness (QED) is 0.665. The number of carbonyl (C=O) groups excluding carboxylic acids is 1. The molecule has 24 heavy (non-hydrogen) atoms. The molecule has 1 fully saturated rings. The maximum absolute atomic E-state index is 12.3. The minimum Gasteiger partial charge on any atom is -0.479 e. The van der Waals surface area contributed by atoms with Crippen LogP contribution >= 0.6 is 0 Å². The summed E-state index contributed by atoms with van der Waals surface area (Å²) in [5.74, 6) is -1.78. The first-order valence-corrected chi connectivity index (χ1v) is 9.17. The topological polar surface area (TPSA) is 122 Å². The Kier molecular flexibility index (Phi) is 5.45. The Balaban J connectivity index is 2.16. The highest BCUT2D eigenvalue weighted by Gasteiger charge is 2.44. The van der Waals surface area contributed by atoms with Gasteiger partial charge in [0.25, 0.3) is 5.91 Å². The molecule has 1 aromatic carbocycles. The highest BCUT2D eigenvalue weighted by molar-refractivity contribution is 7.92. The van der Waals surface area contributed by atoms with Crippen LogP contribution in [0.1, 0.15) is 30.1 Å². The molecule has 1 atom stereocenters. The predicted octanol–water partition coefficient (Wildman–Crippen LogP) is 0.812. The minimum atomic E-state index is -3.47. The zero-order valence-electron chi connectivity index (χ0n) is 13.2. The molecule has 0 radical (unpaired) electrons. The van der Waals surface area contributed by atoms with E-state index in [4.69, 9.17) is 4.74 Å². The van der Waals surface area contributed by atoms with Crippen LogP contribution in [0.2, 0.25) is 0 Å². The number of hydrogen-bond donors (Lipinski definition) is 3. The van der Waals surface area contributed by atoms with E-state index >= 15 is 0 Å². The number of hydrogen-bond acceptors (Lipinski definition) is 5. The monoisotopic (exact) mass is 356 g/mol. The van der Waals surface area contributed by atoms with Gasteiger partial charge in [-0.1, -0.05) is 13.0 Å². The Labute approximate surface area is 140 Å². The van der Waals surface area contributed by atoms with E-state index in [9.17, 15) is 23.1 Å². The zero-order chi connectivity index (χ0) is 17.8. The van der Waals surface area contributed by atoms with Crippen LogP contribution in [0.15, 0.2) is 24.3 Å². The van der Waals surface area contributed by atoms with Gasteiger partial charge in [0.1, 0.15) is 0 Å². The third kappa shape index (κ3) is 4.24. The molecule has 0 bridgehead atoms. The predicted molar refractivity (Wildman–Crippen MR) is 87.4 cm³/mol. The van der Waals surface area contributed by atoms with Crippen molar-refractivity contribution in [3.8, 4) is 0 Å². The molecule has 0 saturated carbocycles. The van der Waals surface area contributed by atoms with Crippen LogP contribution in [0.5, 0.6) is 0 Å². The Bertz CT molecular complexity index is 725. The molecule has 8 nitrogen and oxygen atoms in total. The number of anilines is 1. The largest absolute Gasteiger partial charge is 0.479 e. The summed E-state index contributed by atoms with van der Waals surface area (Å²) in [6.45, 7) is 1.90. The van der Waals surface area contributed by atoms with Gasteiger partial charge in [0.05, 0.1) is 12.4 Å². The van der Waals surface area contributed by atoms with Crippen molar-refractivity contribution in [1.82, 2.24) is 5.32 Å². The summed E-state index contributed by atoms with van der Waals surface area (Å²) < 4.78 is 31.1. The lowest BCUT2D eigenvalue weighted by Gasteiger charge is -2.23. The van der Waals surface area contributed by atoms with Gasteiger partial charge in [-0.15, -0.1) is 0 Å². The summed E-state index contributed by atoms with van der Waals surface area (Å²) in [6, 6.07) is 5.90. The standard InChI is InChI=1S/C15H20N2O6S/c1-2-8-24(21,22)17-12-5-3-4-11(9-12)13(18)16-15(14(19)20)6-7-23-10-15/h3-5,9,17H,2,6-8,10H2,1H3,(H,16,18)(H,19,20). The second-order valence-electron chi connectivity index (χ2n) is 5.65. The highest BCUT2D eigenvalue weighted by atomic mass is 32.2. The van der Waals surface area contributed by atoms with Crippen molar-refractivity contribution in [1.29, 1.82) is 0 Å². The number of carbonyl (C=O) groups is 2. The SMILES string of the molecule is CCCS(=O)(=O)Nc1cccc(C(=O)NC2(C(=O)O)CCOC2)c1. The molecule has 132 valence electrons. The van der Waals surface area contributed by atoms with Crippen LogP contribution in [-0.2, 0) is 19.6 Å². The summed E-state index contributed by atoms with van der Waals surface area (Å²) in [5.41, 5.74) is -1.03. The smallest absolute Gasteiger partial charge is 0.331 e. The molecule has 1 heterocycles. The van der Waals surface area contributed by atoms with Crippen LogP contribution in [0, 0.1) is 0 Å². The fraction of sp³-hybridized carbons (Fsp3) is 0.467. The Morgan fingerprint density at radius 1 is 1.38 bits per heavy atom. The molecule has 3 N–H and O–H groups in total. The first-order chi connectivity index (χ1) is 11.3. The lowest BCUT2D eigenvalue weighted by atomic mass is 9.98. The van der Waals surface area contributed by atoms with Gasteiger partial charge in [0, 0.05) is 24.3 Å². The van der Waals surface area contributed by atoms with Crippen LogP contribution in [0.4, 0.5) is 5.69 Å². The summed E-state index contributed by atoms with van der Waals surface area (Å²) >= 11 is 0. The van der Waals surface area contributed by atoms with E-state index in [1.807, 2.05) is 0 Å². The van der Waals surface area contributed by atoms with E-state index in [0.29, 0.717) is 6.42 Å². The van der Waals surface area contributed by atoms with Gasteiger partial charge in [-0.2, -0.15) is 0 Å². The molecule has 1 unspecified atom stereocenters. The van der Waals surface area contributed by atoms with Crippen molar-refractivity contribution >= 4 is 27.6 Å². The van der Waals surface area contributed by atoms with Crippen molar-refractivity contribution in [2.24, 2.45) is 0 Å². The second-order valence-corrected chi connectivity index (χ2v) is 7.49. The van der Waals surface area contributed by atoms with Gasteiger partial charge in [0.2, 0.25) is 10.0 Å². The number of nitrogens with one attached hydrogen (secondary N) is 2. The number of ether oxygens (including phenoxy) is 1. The normalized spacial score (nSPS) is 20.5. The van der Waals surface area contributed by atoms with E-state index < -0.39 is 27.4 Å². The fourth-order valence-corrected chi connectivity index (χ4v) is 3.52. The third-order valence-corrected chi connectivity index (χ3v) is 5.15. The lowest BCUT2D eigenvalue weighted by molar-refractivity contribution is -0.144. The first kappa shape index (κ1) is 18.2. The number of carboxylic acids is 1. The average Bonchev–Trinajstić information content (AvgIpc) is 2.96. The van der Waals surface area contributed by atoms with Crippen molar-refractivity contribution in [2.75, 3.05) is 23.7 Å². The first-order valence-electron chi connectivity index (χ1n) is 7.52. The van der Waals surface area contributed by atoms with Gasteiger partial charge < -0.3 is 15.2 Å². The van der Waals surface area contributed by atoms with Gasteiger partial charge in [0.15, 0.2) is 5.54 Å². The summed E-state index contributed by atoms with van der Waals surface area (Å²) in [6.07, 6.45) is 0.646. The maximum Gasteiger partial charge on any atom is 0.331 e. The van der Waals surface area contributed by atoms with E-state index in [-0.39, 0.29) is 36.6 Å². The highest BCUT2D eigenvalue weighted by Crippen LogP contribution is 2.20. The number of benzene rings is 1. The second kappa shape index (κ2) is 7.18. The molecule has 1 aromatic rings. The van der Waals surface area contributed by atoms with Gasteiger partial charge in [-0.3, -0.25) is 9.52 Å². The van der Waals surface area contributed by atoms with E-state index in [0.717, 1.165) is 0 Å². The molecule has 1 saturated heterocycles. The van der Waals surface area contributed by atoms with E-state index in [1.54, 1.807) is 6.92 Å². The van der Waals surface area contributed by atoms with Gasteiger partial charge >= 0.3 is 5.97 Å². The molecule has 1 aliphatic heterocycles. The molecule has 9 heteroatoms. The minimum absolute atomic E-state index is 0.0249. The van der Waals surface area contributed by atoms with E-state index in [2.05, 4.69) is 10.0 Å². The van der Waals surface area contributed by atoms with Crippen molar-refractivity contribution in [3.05, 3.63) is 29.8 Å². The molecular weight excluding hydrogens is 336 g/mol. The molecule has 2 rings (SSSR count). The Morgan fingerprint density at radius 2 is 2.12 bits per heavy atom. The number of sulfonamides is 1. The number of aliphatic carboxylic acids is 1. The van der Waals surface area contributed by atoms with Crippen LogP contribution < -0.4 is 10.0 Å².